The van der Waals surface area contributed by atoms with Crippen LogP contribution in [0.3, 0.4) is 0 Å². The number of hydrogen-bond donors (Lipinski definition) is 3. The average molecular weight is 320 g/mol. The first-order valence-electron chi connectivity index (χ1n) is 6.06. The fraction of sp³-hybridized carbons (Fsp3) is 0.462. The van der Waals surface area contributed by atoms with Gasteiger partial charge in [0, 0.05) is 31.7 Å². The van der Waals surface area contributed by atoms with Gasteiger partial charge in [-0.3, -0.25) is 4.90 Å². The summed E-state index contributed by atoms with van der Waals surface area (Å²) < 4.78 is 0. The van der Waals surface area contributed by atoms with Gasteiger partial charge in [-0.25, -0.2) is 0 Å². The lowest BCUT2D eigenvalue weighted by Gasteiger charge is -2.34. The van der Waals surface area contributed by atoms with E-state index in [2.05, 4.69) is 16.3 Å². The summed E-state index contributed by atoms with van der Waals surface area (Å²) in [6.45, 7) is 3.42. The van der Waals surface area contributed by atoms with E-state index in [0.29, 0.717) is 12.0 Å². The number of nitriles is 1. The first kappa shape index (κ1) is 18.8. The van der Waals surface area contributed by atoms with Crippen LogP contribution in [-0.4, -0.2) is 41.3 Å². The lowest BCUT2D eigenvalue weighted by molar-refractivity contribution is 0.172. The number of aromatic hydroxyl groups is 2. The topological polar surface area (TPSA) is 79.5 Å². The smallest absolute Gasteiger partial charge is 0.162 e. The minimum absolute atomic E-state index is 0. The van der Waals surface area contributed by atoms with Crippen molar-refractivity contribution >= 4 is 24.8 Å². The maximum atomic E-state index is 9.92. The molecule has 1 saturated heterocycles. The summed E-state index contributed by atoms with van der Waals surface area (Å²) in [5.41, 5.74) is 0.624. The normalized spacial score (nSPS) is 16.4. The largest absolute Gasteiger partial charge is 0.504 e. The van der Waals surface area contributed by atoms with Gasteiger partial charge in [0.25, 0.3) is 0 Å². The molecule has 0 amide bonds. The summed E-state index contributed by atoms with van der Waals surface area (Å²) in [5, 5.41) is 31.7. The first-order valence-corrected chi connectivity index (χ1v) is 6.06. The molecule has 0 bridgehead atoms. The van der Waals surface area contributed by atoms with Crippen LogP contribution in [0.25, 0.3) is 0 Å². The van der Waals surface area contributed by atoms with Crippen molar-refractivity contribution in [1.29, 1.82) is 5.26 Å². The number of piperazine rings is 1. The zero-order valence-corrected chi connectivity index (χ0v) is 12.6. The summed E-state index contributed by atoms with van der Waals surface area (Å²) in [4.78, 5) is 2.16. The maximum Gasteiger partial charge on any atom is 0.162 e. The highest BCUT2D eigenvalue weighted by atomic mass is 35.5. The summed E-state index contributed by atoms with van der Waals surface area (Å²) in [5.74, 6) is -0.248. The number of nitrogens with one attached hydrogen (secondary N) is 1. The summed E-state index contributed by atoms with van der Waals surface area (Å²) >= 11 is 0. The van der Waals surface area contributed by atoms with E-state index in [0.717, 1.165) is 26.2 Å². The lowest BCUT2D eigenvalue weighted by Crippen LogP contribution is -2.45. The van der Waals surface area contributed by atoms with Crippen molar-refractivity contribution in [1.82, 2.24) is 10.2 Å². The van der Waals surface area contributed by atoms with Gasteiger partial charge < -0.3 is 15.5 Å². The lowest BCUT2D eigenvalue weighted by atomic mass is 10.0. The molecule has 3 N–H and O–H groups in total. The van der Waals surface area contributed by atoms with Crippen LogP contribution in [0.4, 0.5) is 0 Å². The van der Waals surface area contributed by atoms with Crippen molar-refractivity contribution < 1.29 is 10.2 Å². The van der Waals surface area contributed by atoms with E-state index < -0.39 is 0 Å². The third-order valence-corrected chi connectivity index (χ3v) is 3.28. The molecule has 0 saturated carbocycles. The Kier molecular flexibility index (Phi) is 8.35. The van der Waals surface area contributed by atoms with Crippen LogP contribution in [0.5, 0.6) is 11.5 Å². The minimum Gasteiger partial charge on any atom is -0.504 e. The van der Waals surface area contributed by atoms with Crippen molar-refractivity contribution in [2.24, 2.45) is 0 Å². The van der Waals surface area contributed by atoms with Gasteiger partial charge in [0.15, 0.2) is 11.5 Å². The van der Waals surface area contributed by atoms with Crippen LogP contribution >= 0.6 is 24.8 Å². The predicted molar refractivity (Wildman–Crippen MR) is 81.7 cm³/mol. The minimum atomic E-state index is -0.163. The van der Waals surface area contributed by atoms with Crippen molar-refractivity contribution in [3.63, 3.8) is 0 Å². The van der Waals surface area contributed by atoms with Gasteiger partial charge >= 0.3 is 0 Å². The van der Waals surface area contributed by atoms with Gasteiger partial charge in [0.1, 0.15) is 0 Å². The number of rotatable bonds is 3. The standard InChI is InChI=1S/C13H17N3O2.2ClH/c14-5-4-11(16-8-6-15-7-9-16)10-2-1-3-12(17)13(10)18;;/h1-3,11,15,17-18H,4,6-9H2;2*1H/t11-;;/m1../s1. The van der Waals surface area contributed by atoms with Crippen molar-refractivity contribution in [2.45, 2.75) is 12.5 Å². The molecule has 0 spiro atoms. The molecule has 1 aliphatic rings. The molecule has 1 heterocycles. The molecular weight excluding hydrogens is 301 g/mol. The van der Waals surface area contributed by atoms with Crippen LogP contribution in [-0.2, 0) is 0 Å². The molecule has 0 unspecified atom stereocenters. The molecule has 0 radical (unpaired) electrons. The van der Waals surface area contributed by atoms with Gasteiger partial charge in [-0.05, 0) is 6.07 Å². The molecule has 112 valence electrons. The van der Waals surface area contributed by atoms with Crippen LogP contribution in [0.2, 0.25) is 0 Å². The van der Waals surface area contributed by atoms with Gasteiger partial charge in [0.2, 0.25) is 0 Å². The van der Waals surface area contributed by atoms with E-state index in [1.165, 1.54) is 6.07 Å². The predicted octanol–water partition coefficient (Wildman–Crippen LogP) is 1.80. The number of benzene rings is 1. The zero-order valence-electron chi connectivity index (χ0n) is 11.0. The Labute approximate surface area is 131 Å². The molecule has 1 fully saturated rings. The number of phenolic OH excluding ortho intramolecular Hbond substituents is 2. The quantitative estimate of drug-likeness (QED) is 0.740. The van der Waals surface area contributed by atoms with Crippen molar-refractivity contribution in [2.75, 3.05) is 26.2 Å². The number of halogens is 2. The van der Waals surface area contributed by atoms with Crippen molar-refractivity contribution in [3.05, 3.63) is 23.8 Å². The summed E-state index contributed by atoms with van der Waals surface area (Å²) in [7, 11) is 0. The molecule has 0 aliphatic carbocycles. The monoisotopic (exact) mass is 319 g/mol. The van der Waals surface area contributed by atoms with E-state index in [4.69, 9.17) is 5.26 Å². The number of nitrogens with zero attached hydrogens (tertiary/aromatic N) is 2. The molecule has 1 atom stereocenters. The second-order valence-electron chi connectivity index (χ2n) is 4.38. The number of phenols is 2. The summed E-state index contributed by atoms with van der Waals surface area (Å²) in [6, 6.07) is 6.89. The first-order chi connectivity index (χ1) is 8.74. The molecule has 5 nitrogen and oxygen atoms in total. The third-order valence-electron chi connectivity index (χ3n) is 3.28. The molecule has 20 heavy (non-hydrogen) atoms. The second-order valence-corrected chi connectivity index (χ2v) is 4.38. The molecule has 2 rings (SSSR count). The Morgan fingerprint density at radius 1 is 1.25 bits per heavy atom. The Bertz CT molecular complexity index is 459. The average Bonchev–Trinajstić information content (AvgIpc) is 2.41. The Balaban J connectivity index is 0.00000180. The van der Waals surface area contributed by atoms with E-state index in [1.807, 2.05) is 0 Å². The molecular formula is C13H19Cl2N3O2. The van der Waals surface area contributed by atoms with Gasteiger partial charge in [-0.2, -0.15) is 5.26 Å². The molecule has 7 heteroatoms. The van der Waals surface area contributed by atoms with Gasteiger partial charge in [-0.1, -0.05) is 12.1 Å². The van der Waals surface area contributed by atoms with Crippen LogP contribution < -0.4 is 5.32 Å². The van der Waals surface area contributed by atoms with E-state index >= 15 is 0 Å². The number of hydrogen-bond acceptors (Lipinski definition) is 5. The molecule has 0 aromatic heterocycles. The van der Waals surface area contributed by atoms with E-state index in [1.54, 1.807) is 12.1 Å². The van der Waals surface area contributed by atoms with Crippen LogP contribution in [0.15, 0.2) is 18.2 Å². The fourth-order valence-electron chi connectivity index (χ4n) is 2.33. The highest BCUT2D eigenvalue weighted by Crippen LogP contribution is 2.36. The second kappa shape index (κ2) is 8.88. The SMILES string of the molecule is Cl.Cl.N#CC[C@H](c1cccc(O)c1O)N1CCNCC1. The van der Waals surface area contributed by atoms with Crippen molar-refractivity contribution in [3.8, 4) is 17.6 Å². The van der Waals surface area contributed by atoms with E-state index in [9.17, 15) is 10.2 Å². The molecule has 1 aromatic rings. The van der Waals surface area contributed by atoms with Gasteiger partial charge in [-0.15, -0.1) is 24.8 Å². The highest BCUT2D eigenvalue weighted by Gasteiger charge is 2.25. The Hall–Kier alpha value is -1.19. The molecule has 1 aliphatic heterocycles. The van der Waals surface area contributed by atoms with E-state index in [-0.39, 0.29) is 42.4 Å². The zero-order chi connectivity index (χ0) is 13.0. The Morgan fingerprint density at radius 3 is 2.50 bits per heavy atom. The molecule has 1 aromatic carbocycles. The summed E-state index contributed by atoms with van der Waals surface area (Å²) in [6.07, 6.45) is 0.303. The Morgan fingerprint density at radius 2 is 1.90 bits per heavy atom. The number of para-hydroxylation sites is 1. The highest BCUT2D eigenvalue weighted by molar-refractivity contribution is 5.85. The van der Waals surface area contributed by atoms with Crippen LogP contribution in [0.1, 0.15) is 18.0 Å². The third kappa shape index (κ3) is 4.15. The maximum absolute atomic E-state index is 9.92. The fourth-order valence-corrected chi connectivity index (χ4v) is 2.33. The van der Waals surface area contributed by atoms with Gasteiger partial charge in [0.05, 0.1) is 18.5 Å². The van der Waals surface area contributed by atoms with Crippen LogP contribution in [0, 0.1) is 11.3 Å².